The van der Waals surface area contributed by atoms with E-state index in [0.717, 1.165) is 133 Å². The fourth-order valence-electron chi connectivity index (χ4n) is 20.2. The maximum Gasteiger partial charge on any atom is 0.344 e. The summed E-state index contributed by atoms with van der Waals surface area (Å²) in [7, 11) is 6.22. The Balaban J connectivity index is 0.0000000863. The lowest BCUT2D eigenvalue weighted by atomic mass is 10.2. The molecule has 20 heteroatoms. The quantitative estimate of drug-likeness (QED) is 0.161. The predicted molar refractivity (Wildman–Crippen MR) is 483 cm³/mol. The van der Waals surface area contributed by atoms with Crippen LogP contribution in [0, 0.1) is 0 Å². The molecule has 0 saturated carbocycles. The smallest absolute Gasteiger partial charge is 0.344 e. The molecule has 5 aliphatic heterocycles. The molecule has 20 heterocycles. The van der Waals surface area contributed by atoms with Crippen LogP contribution in [-0.4, -0.2) is 61.5 Å². The molecule has 19 nitrogen and oxygen atoms in total. The van der Waals surface area contributed by atoms with Crippen LogP contribution in [0.4, 0.5) is 0 Å². The maximum absolute atomic E-state index is 8.01. The highest BCUT2D eigenvalue weighted by atomic mass is 32.1. The first-order chi connectivity index (χ1) is 62.0. The Labute approximate surface area is 712 Å². The Morgan fingerprint density at radius 3 is 1.24 bits per heavy atom. The number of aromatic nitrogens is 18. The first kappa shape index (κ1) is 67.1. The number of fused-ring (bicyclic) bond motifs is 35. The van der Waals surface area contributed by atoms with Gasteiger partial charge < -0.3 is 4.42 Å². The second-order valence-electron chi connectivity index (χ2n) is 31.8. The van der Waals surface area contributed by atoms with Crippen LogP contribution < -0.4 is 22.8 Å². The van der Waals surface area contributed by atoms with Crippen molar-refractivity contribution in [1.29, 1.82) is 0 Å². The molecule has 0 saturated heterocycles. The van der Waals surface area contributed by atoms with Crippen LogP contribution in [-0.2, 0) is 60.8 Å². The van der Waals surface area contributed by atoms with Gasteiger partial charge in [-0.1, -0.05) is 145 Å². The van der Waals surface area contributed by atoms with Crippen molar-refractivity contribution in [1.82, 2.24) is 61.5 Å². The van der Waals surface area contributed by atoms with Crippen LogP contribution in [0.5, 0.6) is 0 Å². The number of imidazole rings is 5. The third kappa shape index (κ3) is 10.3. The molecule has 0 fully saturated rings. The van der Waals surface area contributed by atoms with Gasteiger partial charge in [-0.15, -0.1) is 0 Å². The number of para-hydroxylation sites is 8. The van der Waals surface area contributed by atoms with Crippen molar-refractivity contribution < 1.29 is 31.4 Å². The summed E-state index contributed by atoms with van der Waals surface area (Å²) in [6.45, 7) is 1.67. The molecule has 0 N–H and O–H groups in total. The van der Waals surface area contributed by atoms with Gasteiger partial charge in [-0.2, -0.15) is 13.7 Å². The fraction of sp³-hybridized carbons (Fsp3) is 0.0874. The number of furan rings is 1. The van der Waals surface area contributed by atoms with Crippen molar-refractivity contribution >= 4 is 120 Å². The van der Waals surface area contributed by atoms with Gasteiger partial charge in [0, 0.05) is 46.8 Å². The number of nitrogens with zero attached hydrogens (tertiary/aromatic N) is 18. The largest absolute Gasteiger partial charge is 0.419 e. The summed E-state index contributed by atoms with van der Waals surface area (Å²) < 4.78 is 60.8. The second kappa shape index (κ2) is 27.4. The van der Waals surface area contributed by atoms with Gasteiger partial charge >= 0.3 is 5.71 Å². The van der Waals surface area contributed by atoms with Crippen molar-refractivity contribution in [2.24, 2.45) is 28.1 Å². The number of aryl methyl sites for hydroxylation is 4. The first-order valence-electron chi connectivity index (χ1n) is 42.9. The van der Waals surface area contributed by atoms with Gasteiger partial charge in [0.05, 0.1) is 116 Å². The third-order valence-corrected chi connectivity index (χ3v) is 26.4. The average Bonchev–Trinajstić information content (AvgIpc) is 2.52. The molecule has 5 aliphatic rings. The number of hydrogen-bond acceptors (Lipinski definition) is 7. The van der Waals surface area contributed by atoms with E-state index in [4.69, 9.17) is 13.5 Å². The minimum absolute atomic E-state index is 0.665. The van der Waals surface area contributed by atoms with Crippen LogP contribution in [0.2, 0.25) is 0 Å². The highest BCUT2D eigenvalue weighted by Crippen LogP contribution is 2.45. The first-order valence-corrected chi connectivity index (χ1v) is 42.2. The highest BCUT2D eigenvalue weighted by Gasteiger charge is 2.44. The van der Waals surface area contributed by atoms with Crippen LogP contribution in [0.15, 0.2) is 339 Å². The molecule has 0 radical (unpaired) electrons. The van der Waals surface area contributed by atoms with Crippen molar-refractivity contribution in [2.45, 2.75) is 32.7 Å². The molecule has 0 amide bonds. The van der Waals surface area contributed by atoms with Crippen LogP contribution in [0.1, 0.15) is 32.6 Å². The molecule has 586 valence electrons. The topological polar surface area (TPSA) is 136 Å². The van der Waals surface area contributed by atoms with E-state index in [-0.39, 0.29) is 0 Å². The van der Waals surface area contributed by atoms with E-state index < -0.39 is 6.98 Å². The Bertz CT molecular complexity index is 8410. The lowest BCUT2D eigenvalue weighted by Crippen LogP contribution is -2.31. The molecular weight excluding hydrogens is 1540 g/mol. The Morgan fingerprint density at radius 2 is 0.715 bits per heavy atom. The van der Waals surface area contributed by atoms with Gasteiger partial charge in [0.25, 0.3) is 34.4 Å². The second-order valence-corrected chi connectivity index (χ2v) is 32.8. The summed E-state index contributed by atoms with van der Waals surface area (Å²) in [6.07, 6.45) is 9.33. The molecule has 0 bridgehead atoms. The number of benzene rings is 9. The summed E-state index contributed by atoms with van der Waals surface area (Å²) in [5, 5.41) is 5.99. The minimum Gasteiger partial charge on any atom is -0.419 e. The molecule has 9 aromatic carbocycles. The van der Waals surface area contributed by atoms with Crippen LogP contribution in [0.25, 0.3) is 189 Å². The molecular formula is C103H77N18OS+5. The summed E-state index contributed by atoms with van der Waals surface area (Å²) in [6, 6.07) is 105. The molecule has 0 aliphatic carbocycles. The van der Waals surface area contributed by atoms with Crippen LogP contribution >= 0.6 is 11.3 Å². The minimum atomic E-state index is -2.24. The predicted octanol–water partition coefficient (Wildman–Crippen LogP) is 18.7. The zero-order valence-corrected chi connectivity index (χ0v) is 68.0. The molecule has 24 aromatic rings. The molecule has 29 rings (SSSR count). The lowest BCUT2D eigenvalue weighted by Gasteiger charge is -2.08. The van der Waals surface area contributed by atoms with E-state index in [1.54, 1.807) is 6.20 Å². The van der Waals surface area contributed by atoms with Gasteiger partial charge in [0.15, 0.2) is 16.6 Å². The van der Waals surface area contributed by atoms with E-state index in [0.29, 0.717) is 6.54 Å². The average molecular weight is 1620 g/mol. The van der Waals surface area contributed by atoms with Gasteiger partial charge in [-0.25, -0.2) is 32.0 Å². The molecule has 123 heavy (non-hydrogen) atoms. The van der Waals surface area contributed by atoms with Gasteiger partial charge in [0.1, 0.15) is 66.4 Å². The lowest BCUT2D eigenvalue weighted by molar-refractivity contribution is -0.645. The third-order valence-electron chi connectivity index (χ3n) is 25.2. The highest BCUT2D eigenvalue weighted by molar-refractivity contribution is 7.25. The standard InChI is InChI=1S/C27H19N4.C21H14N3O.C21H14N3S.2C17H15N4/c1-3-10-19(11-4-1)30-24-16-8-7-14-22(24)25-27(30)31(20-12-5-2-6-13-20)26-21-15-9-17-28-23(21)18-29(25)26;2*1-2-7-14(8-3-1)24-20-15-10-6-12-22-17(15)13-23(20)19-16-9-4-5-11-18(16)25-21(19)24;2*1-19-14-8-4-3-6-12(14)15-17(19)20(2)16-11-7-5-9-18-13(11)10-21(15)16/h1-17H,18H2;2*1-12H,13H2;2*3-9H,10H2,1-2H3/q5*+1/i;;;1D3;. The van der Waals surface area contributed by atoms with Gasteiger partial charge in [-0.05, 0) is 170 Å². The molecule has 0 unspecified atom stereocenters. The van der Waals surface area contributed by atoms with E-state index in [2.05, 4.69) is 309 Å². The zero-order chi connectivity index (χ0) is 83.9. The van der Waals surface area contributed by atoms with E-state index >= 15 is 0 Å². The summed E-state index contributed by atoms with van der Waals surface area (Å²) in [5.41, 5.74) is 30.2. The van der Waals surface area contributed by atoms with E-state index in [1.165, 1.54) is 115 Å². The van der Waals surface area contributed by atoms with Crippen molar-refractivity contribution in [3.8, 4) is 79.7 Å². The summed E-state index contributed by atoms with van der Waals surface area (Å²) in [4.78, 5) is 24.2. The Hall–Kier alpha value is -15.8. The zero-order valence-electron chi connectivity index (χ0n) is 70.2. The summed E-state index contributed by atoms with van der Waals surface area (Å²) in [5.74, 6) is 5.82. The number of hydrogen-bond donors (Lipinski definition) is 0. The Kier molecular flexibility index (Phi) is 14.9. The Morgan fingerprint density at radius 1 is 0.333 bits per heavy atom. The SMILES string of the molecule is Cn1c2ccccc2c2c1[n+](C)c1n2Cc2ncccc2-1.[2H]C([2H])([2H])n1c2ccccc2c2c1[n+](C)c1n2Cc2ncccc2-1.c1ccc(-n2c3[n+](c4c5ccccc5n(-c5ccccc5)c42)Cc2ncccc2-3)cc1.c1ccc(-n2c3[n+](c4c5ccccc5oc42)Cc2ncccc2-3)cc1.c1ccc(-n2c3[n+](c4c5ccccc5sc42)Cc2ncccc2-3)cc1. The number of rotatable bonds is 4. The monoisotopic (exact) mass is 1620 g/mol. The van der Waals surface area contributed by atoms with E-state index in [1.807, 2.05) is 127 Å². The molecule has 15 aromatic heterocycles. The fourth-order valence-corrected chi connectivity index (χ4v) is 21.4. The molecule has 0 spiro atoms. The number of pyridine rings is 5. The normalized spacial score (nSPS) is 13.2. The van der Waals surface area contributed by atoms with Crippen molar-refractivity contribution in [3.63, 3.8) is 0 Å². The van der Waals surface area contributed by atoms with Crippen molar-refractivity contribution in [3.05, 3.63) is 363 Å². The molecule has 0 atom stereocenters. The van der Waals surface area contributed by atoms with Gasteiger partial charge in [0.2, 0.25) is 27.5 Å². The van der Waals surface area contributed by atoms with Crippen LogP contribution in [0.3, 0.4) is 0 Å². The maximum atomic E-state index is 8.01. The van der Waals surface area contributed by atoms with Crippen molar-refractivity contribution in [2.75, 3.05) is 0 Å². The summed E-state index contributed by atoms with van der Waals surface area (Å²) >= 11 is 1.86. The van der Waals surface area contributed by atoms with Gasteiger partial charge in [-0.3, -0.25) is 38.6 Å². The van der Waals surface area contributed by atoms with E-state index in [9.17, 15) is 0 Å². The number of thiophene rings is 1.